The minimum atomic E-state index is 0.101. The van der Waals surface area contributed by atoms with Crippen LogP contribution in [-0.4, -0.2) is 29.2 Å². The topological polar surface area (TPSA) is 32.7 Å². The summed E-state index contributed by atoms with van der Waals surface area (Å²) < 4.78 is 6.09. The average Bonchev–Trinajstić information content (AvgIpc) is 2.58. The van der Waals surface area contributed by atoms with Gasteiger partial charge in [0.05, 0.1) is 19.3 Å². The molecule has 23 heavy (non-hydrogen) atoms. The van der Waals surface area contributed by atoms with E-state index in [1.807, 2.05) is 12.1 Å². The highest BCUT2D eigenvalue weighted by Gasteiger charge is 2.27. The van der Waals surface area contributed by atoms with Crippen molar-refractivity contribution >= 4 is 0 Å². The van der Waals surface area contributed by atoms with Crippen molar-refractivity contribution < 1.29 is 9.84 Å². The van der Waals surface area contributed by atoms with E-state index >= 15 is 0 Å². The lowest BCUT2D eigenvalue weighted by Gasteiger charge is -2.38. The highest BCUT2D eigenvalue weighted by Crippen LogP contribution is 2.28. The summed E-state index contributed by atoms with van der Waals surface area (Å²) in [6.07, 6.45) is 0.143. The number of hydrogen-bond donors (Lipinski definition) is 1. The molecule has 0 bridgehead atoms. The van der Waals surface area contributed by atoms with Crippen LogP contribution in [0.5, 0.6) is 0 Å². The predicted octanol–water partition coefficient (Wildman–Crippen LogP) is 3.45. The zero-order valence-corrected chi connectivity index (χ0v) is 13.9. The Bertz CT molecular complexity index is 638. The highest BCUT2D eigenvalue weighted by atomic mass is 16.5. The zero-order valence-electron chi connectivity index (χ0n) is 13.9. The first-order chi connectivity index (χ1) is 11.2. The maximum absolute atomic E-state index is 9.15. The smallest absolute Gasteiger partial charge is 0.0955 e. The molecule has 0 spiro atoms. The maximum Gasteiger partial charge on any atom is 0.0955 e. The molecule has 0 saturated carbocycles. The van der Waals surface area contributed by atoms with Gasteiger partial charge in [-0.1, -0.05) is 48.5 Å². The van der Waals surface area contributed by atoms with Crippen LogP contribution in [0.4, 0.5) is 0 Å². The lowest BCUT2D eigenvalue weighted by Crippen LogP contribution is -2.44. The number of benzene rings is 2. The van der Waals surface area contributed by atoms with E-state index in [2.05, 4.69) is 55.1 Å². The van der Waals surface area contributed by atoms with Gasteiger partial charge in [0.25, 0.3) is 0 Å². The summed E-state index contributed by atoms with van der Waals surface area (Å²) in [6.45, 7) is 7.05. The number of ether oxygens (including phenoxy) is 1. The van der Waals surface area contributed by atoms with Crippen LogP contribution in [0.15, 0.2) is 48.5 Å². The molecule has 3 rings (SSSR count). The van der Waals surface area contributed by atoms with E-state index in [0.29, 0.717) is 6.04 Å². The average molecular weight is 311 g/mol. The van der Waals surface area contributed by atoms with Crippen molar-refractivity contribution in [2.45, 2.75) is 39.1 Å². The second kappa shape index (κ2) is 7.26. The molecule has 1 N–H and O–H groups in total. The molecule has 2 aromatic rings. The van der Waals surface area contributed by atoms with Crippen LogP contribution in [0.3, 0.4) is 0 Å². The standard InChI is InChI=1S/C20H25NO2/c1-15-5-3-4-6-19(15)20-12-21(16(2)14-23-20)11-17-7-9-18(13-22)10-8-17/h3-10,16,20,22H,11-14H2,1-2H3. The van der Waals surface area contributed by atoms with Crippen molar-refractivity contribution in [2.75, 3.05) is 13.2 Å². The molecule has 1 aliphatic rings. The van der Waals surface area contributed by atoms with Gasteiger partial charge in [-0.25, -0.2) is 0 Å². The van der Waals surface area contributed by atoms with Crippen molar-refractivity contribution in [3.05, 3.63) is 70.8 Å². The van der Waals surface area contributed by atoms with Crippen LogP contribution in [-0.2, 0) is 17.9 Å². The fourth-order valence-electron chi connectivity index (χ4n) is 3.15. The van der Waals surface area contributed by atoms with Crippen molar-refractivity contribution in [1.82, 2.24) is 4.90 Å². The number of aliphatic hydroxyl groups is 1. The molecular formula is C20H25NO2. The maximum atomic E-state index is 9.15. The van der Waals surface area contributed by atoms with Crippen molar-refractivity contribution in [1.29, 1.82) is 0 Å². The van der Waals surface area contributed by atoms with E-state index in [9.17, 15) is 0 Å². The summed E-state index contributed by atoms with van der Waals surface area (Å²) >= 11 is 0. The first kappa shape index (κ1) is 16.2. The second-order valence-corrected chi connectivity index (χ2v) is 6.43. The Morgan fingerprint density at radius 1 is 1.09 bits per heavy atom. The Balaban J connectivity index is 1.72. The third kappa shape index (κ3) is 3.81. The van der Waals surface area contributed by atoms with E-state index in [1.165, 1.54) is 16.7 Å². The Morgan fingerprint density at radius 2 is 1.78 bits per heavy atom. The lowest BCUT2D eigenvalue weighted by molar-refractivity contribution is -0.0635. The fourth-order valence-corrected chi connectivity index (χ4v) is 3.15. The molecule has 122 valence electrons. The van der Waals surface area contributed by atoms with E-state index in [1.54, 1.807) is 0 Å². The van der Waals surface area contributed by atoms with Crippen LogP contribution in [0.2, 0.25) is 0 Å². The number of morpholine rings is 1. The van der Waals surface area contributed by atoms with Crippen molar-refractivity contribution in [3.63, 3.8) is 0 Å². The first-order valence-electron chi connectivity index (χ1n) is 8.27. The molecule has 2 unspecified atom stereocenters. The van der Waals surface area contributed by atoms with Crippen LogP contribution in [0, 0.1) is 6.92 Å². The lowest BCUT2D eigenvalue weighted by atomic mass is 10.0. The summed E-state index contributed by atoms with van der Waals surface area (Å²) in [6, 6.07) is 17.1. The quantitative estimate of drug-likeness (QED) is 0.939. The number of aryl methyl sites for hydroxylation is 1. The van der Waals surface area contributed by atoms with Gasteiger partial charge >= 0.3 is 0 Å². The second-order valence-electron chi connectivity index (χ2n) is 6.43. The summed E-state index contributed by atoms with van der Waals surface area (Å²) in [4.78, 5) is 2.48. The van der Waals surface area contributed by atoms with E-state index in [4.69, 9.17) is 9.84 Å². The molecule has 1 heterocycles. The van der Waals surface area contributed by atoms with Gasteiger partial charge in [-0.3, -0.25) is 4.90 Å². The molecule has 2 atom stereocenters. The van der Waals surface area contributed by atoms with Gasteiger partial charge in [0, 0.05) is 19.1 Å². The first-order valence-corrected chi connectivity index (χ1v) is 8.27. The number of nitrogens with zero attached hydrogens (tertiary/aromatic N) is 1. The molecule has 0 aliphatic carbocycles. The Hall–Kier alpha value is -1.68. The van der Waals surface area contributed by atoms with Gasteiger partial charge in [0.2, 0.25) is 0 Å². The van der Waals surface area contributed by atoms with E-state index < -0.39 is 0 Å². The molecule has 1 saturated heterocycles. The van der Waals surface area contributed by atoms with Gasteiger partial charge in [-0.2, -0.15) is 0 Å². The Labute approximate surface area is 138 Å². The molecule has 3 heteroatoms. The summed E-state index contributed by atoms with van der Waals surface area (Å²) in [5.74, 6) is 0. The van der Waals surface area contributed by atoms with Gasteiger partial charge < -0.3 is 9.84 Å². The number of aliphatic hydroxyl groups excluding tert-OH is 1. The minimum absolute atomic E-state index is 0.101. The minimum Gasteiger partial charge on any atom is -0.392 e. The zero-order chi connectivity index (χ0) is 16.2. The number of rotatable bonds is 4. The number of hydrogen-bond acceptors (Lipinski definition) is 3. The van der Waals surface area contributed by atoms with Gasteiger partial charge in [-0.15, -0.1) is 0 Å². The SMILES string of the molecule is Cc1ccccc1C1CN(Cc2ccc(CO)cc2)C(C)CO1. The van der Waals surface area contributed by atoms with Crippen molar-refractivity contribution in [2.24, 2.45) is 0 Å². The van der Waals surface area contributed by atoms with Gasteiger partial charge in [0.1, 0.15) is 0 Å². The summed E-state index contributed by atoms with van der Waals surface area (Å²) in [5, 5.41) is 9.15. The van der Waals surface area contributed by atoms with Gasteiger partial charge in [0.15, 0.2) is 0 Å². The largest absolute Gasteiger partial charge is 0.392 e. The molecular weight excluding hydrogens is 286 g/mol. The molecule has 0 amide bonds. The Kier molecular flexibility index (Phi) is 5.11. The van der Waals surface area contributed by atoms with Crippen LogP contribution >= 0.6 is 0 Å². The highest BCUT2D eigenvalue weighted by molar-refractivity contribution is 5.28. The van der Waals surface area contributed by atoms with Crippen LogP contribution < -0.4 is 0 Å². The molecule has 1 aliphatic heterocycles. The molecule has 3 nitrogen and oxygen atoms in total. The van der Waals surface area contributed by atoms with E-state index in [-0.39, 0.29) is 12.7 Å². The fraction of sp³-hybridized carbons (Fsp3) is 0.400. The Morgan fingerprint density at radius 3 is 2.48 bits per heavy atom. The molecule has 0 radical (unpaired) electrons. The molecule has 1 fully saturated rings. The molecule has 0 aromatic heterocycles. The monoisotopic (exact) mass is 311 g/mol. The van der Waals surface area contributed by atoms with Crippen LogP contribution in [0.1, 0.15) is 35.3 Å². The normalized spacial score (nSPS) is 22.2. The third-order valence-corrected chi connectivity index (χ3v) is 4.69. The van der Waals surface area contributed by atoms with Gasteiger partial charge in [-0.05, 0) is 36.1 Å². The molecule has 2 aromatic carbocycles. The predicted molar refractivity (Wildman–Crippen MR) is 92.1 cm³/mol. The van der Waals surface area contributed by atoms with E-state index in [0.717, 1.165) is 25.3 Å². The van der Waals surface area contributed by atoms with Crippen LogP contribution in [0.25, 0.3) is 0 Å². The summed E-state index contributed by atoms with van der Waals surface area (Å²) in [7, 11) is 0. The van der Waals surface area contributed by atoms with Crippen molar-refractivity contribution in [3.8, 4) is 0 Å². The third-order valence-electron chi connectivity index (χ3n) is 4.69. The summed E-state index contributed by atoms with van der Waals surface area (Å²) in [5.41, 5.74) is 4.82.